The summed E-state index contributed by atoms with van der Waals surface area (Å²) in [5, 5.41) is 0.847. The van der Waals surface area contributed by atoms with Crippen LogP contribution >= 0.6 is 34.9 Å². The minimum Gasteiger partial charge on any atom is -0.309 e. The van der Waals surface area contributed by atoms with Crippen molar-refractivity contribution in [2.75, 3.05) is 12.3 Å². The molecular formula is C13H15N3OS3. The third-order valence-corrected chi connectivity index (χ3v) is 6.69. The predicted octanol–water partition coefficient (Wildman–Crippen LogP) is 3.50. The van der Waals surface area contributed by atoms with E-state index in [0.717, 1.165) is 43.2 Å². The Kier molecular flexibility index (Phi) is 3.92. The summed E-state index contributed by atoms with van der Waals surface area (Å²) >= 11 is 5.04. The number of aryl methyl sites for hydroxylation is 2. The first-order valence-corrected chi connectivity index (χ1v) is 9.08. The van der Waals surface area contributed by atoms with E-state index in [0.29, 0.717) is 0 Å². The van der Waals surface area contributed by atoms with Crippen molar-refractivity contribution in [3.8, 4) is 0 Å². The maximum Gasteiger partial charge on any atom is 0.259 e. The third-order valence-electron chi connectivity index (χ3n) is 3.28. The number of hydrogen-bond donors (Lipinski definition) is 1. The van der Waals surface area contributed by atoms with Crippen molar-refractivity contribution >= 4 is 49.5 Å². The van der Waals surface area contributed by atoms with Crippen molar-refractivity contribution in [1.29, 1.82) is 0 Å². The van der Waals surface area contributed by atoms with Crippen LogP contribution in [-0.4, -0.2) is 26.6 Å². The first-order valence-electron chi connectivity index (χ1n) is 6.40. The Hall–Kier alpha value is -0.790. The second kappa shape index (κ2) is 5.54. The van der Waals surface area contributed by atoms with E-state index in [4.69, 9.17) is 0 Å². The highest BCUT2D eigenvalue weighted by Gasteiger charge is 2.18. The zero-order valence-corrected chi connectivity index (χ0v) is 14.0. The minimum atomic E-state index is -0.0275. The summed E-state index contributed by atoms with van der Waals surface area (Å²) in [5.41, 5.74) is 1.02. The highest BCUT2D eigenvalue weighted by Crippen LogP contribution is 2.34. The number of H-pyrrole nitrogens is 1. The average molecular weight is 325 g/mol. The lowest BCUT2D eigenvalue weighted by molar-refractivity contribution is 0.930. The van der Waals surface area contributed by atoms with Gasteiger partial charge in [0.15, 0.2) is 0 Å². The maximum absolute atomic E-state index is 12.2. The quantitative estimate of drug-likeness (QED) is 0.918. The fourth-order valence-corrected chi connectivity index (χ4v) is 5.28. The Balaban J connectivity index is 1.97. The molecule has 0 saturated carbocycles. The van der Waals surface area contributed by atoms with Crippen molar-refractivity contribution in [2.24, 2.45) is 4.99 Å². The van der Waals surface area contributed by atoms with Gasteiger partial charge in [0, 0.05) is 10.6 Å². The molecule has 0 radical (unpaired) electrons. The molecule has 1 unspecified atom stereocenters. The Labute approximate surface area is 129 Å². The molecule has 3 rings (SSSR count). The number of aromatic nitrogens is 2. The minimum absolute atomic E-state index is 0.0275. The molecule has 7 heteroatoms. The van der Waals surface area contributed by atoms with E-state index in [1.54, 1.807) is 34.9 Å². The van der Waals surface area contributed by atoms with Crippen LogP contribution in [-0.2, 0) is 0 Å². The fraction of sp³-hybridized carbons (Fsp3) is 0.462. The maximum atomic E-state index is 12.2. The topological polar surface area (TPSA) is 58.1 Å². The molecule has 0 aromatic carbocycles. The summed E-state index contributed by atoms with van der Waals surface area (Å²) in [5.74, 6) is 1.80. The predicted molar refractivity (Wildman–Crippen MR) is 90.5 cm³/mol. The van der Waals surface area contributed by atoms with Gasteiger partial charge in [0.05, 0.1) is 17.2 Å². The number of nitrogens with one attached hydrogen (secondary N) is 1. The summed E-state index contributed by atoms with van der Waals surface area (Å²) in [7, 11) is 0. The summed E-state index contributed by atoms with van der Waals surface area (Å²) in [6.07, 6.45) is 0. The molecular weight excluding hydrogens is 310 g/mol. The molecule has 3 heterocycles. The van der Waals surface area contributed by atoms with Crippen LogP contribution in [0.25, 0.3) is 10.2 Å². The molecule has 2 aromatic rings. The van der Waals surface area contributed by atoms with Crippen LogP contribution < -0.4 is 5.56 Å². The van der Waals surface area contributed by atoms with Gasteiger partial charge in [0.2, 0.25) is 0 Å². The summed E-state index contributed by atoms with van der Waals surface area (Å²) in [4.78, 5) is 26.2. The van der Waals surface area contributed by atoms with Crippen LogP contribution in [0.15, 0.2) is 9.79 Å². The van der Waals surface area contributed by atoms with Gasteiger partial charge in [-0.1, -0.05) is 23.5 Å². The number of fused-ring (bicyclic) bond motifs is 1. The third kappa shape index (κ3) is 2.54. The second-order valence-electron chi connectivity index (χ2n) is 4.67. The number of hydrogen-bond acceptors (Lipinski definition) is 6. The van der Waals surface area contributed by atoms with Crippen LogP contribution in [0, 0.1) is 13.8 Å². The van der Waals surface area contributed by atoms with Gasteiger partial charge in [-0.25, -0.2) is 4.98 Å². The molecule has 20 heavy (non-hydrogen) atoms. The lowest BCUT2D eigenvalue weighted by Crippen LogP contribution is -2.12. The van der Waals surface area contributed by atoms with E-state index in [-0.39, 0.29) is 10.8 Å². The van der Waals surface area contributed by atoms with Gasteiger partial charge in [0.25, 0.3) is 5.56 Å². The molecule has 1 aliphatic rings. The molecule has 0 amide bonds. The number of aliphatic imine (C=N–C) groups is 1. The lowest BCUT2D eigenvalue weighted by atomic mass is 10.2. The monoisotopic (exact) mass is 325 g/mol. The van der Waals surface area contributed by atoms with Crippen molar-refractivity contribution in [3.63, 3.8) is 0 Å². The van der Waals surface area contributed by atoms with Gasteiger partial charge in [-0.3, -0.25) is 9.79 Å². The molecule has 1 aliphatic heterocycles. The number of aromatic amines is 1. The Morgan fingerprint density at radius 3 is 2.90 bits per heavy atom. The zero-order valence-electron chi connectivity index (χ0n) is 11.5. The van der Waals surface area contributed by atoms with Gasteiger partial charge >= 0.3 is 0 Å². The van der Waals surface area contributed by atoms with Crippen molar-refractivity contribution in [1.82, 2.24) is 9.97 Å². The molecule has 0 aliphatic carbocycles. The Morgan fingerprint density at radius 1 is 1.40 bits per heavy atom. The standard InChI is InChI=1S/C13H15N3OS3/c1-6-7(2)19-12-9(6)11(17)15-10(16-12)8(3)20-13-14-4-5-18-13/h8H,4-5H2,1-3H3,(H,15,16,17). The summed E-state index contributed by atoms with van der Waals surface area (Å²) in [6.45, 7) is 6.96. The van der Waals surface area contributed by atoms with Gasteiger partial charge in [-0.05, 0) is 26.3 Å². The number of nitrogens with zero attached hydrogens (tertiary/aromatic N) is 2. The highest BCUT2D eigenvalue weighted by molar-refractivity contribution is 8.39. The van der Waals surface area contributed by atoms with Gasteiger partial charge < -0.3 is 4.98 Å². The molecule has 0 bridgehead atoms. The van der Waals surface area contributed by atoms with E-state index in [2.05, 4.69) is 21.9 Å². The van der Waals surface area contributed by atoms with Crippen LogP contribution in [0.2, 0.25) is 0 Å². The molecule has 2 aromatic heterocycles. The molecule has 4 nitrogen and oxygen atoms in total. The van der Waals surface area contributed by atoms with Crippen molar-refractivity contribution in [2.45, 2.75) is 26.0 Å². The molecule has 106 valence electrons. The van der Waals surface area contributed by atoms with Crippen molar-refractivity contribution < 1.29 is 0 Å². The second-order valence-corrected chi connectivity index (χ2v) is 8.55. The average Bonchev–Trinajstić information content (AvgIpc) is 2.99. The van der Waals surface area contributed by atoms with Crippen LogP contribution in [0.1, 0.15) is 28.4 Å². The number of thiophene rings is 1. The number of rotatable bonds is 2. The molecule has 0 saturated heterocycles. The smallest absolute Gasteiger partial charge is 0.259 e. The van der Waals surface area contributed by atoms with Crippen LogP contribution in [0.3, 0.4) is 0 Å². The van der Waals surface area contributed by atoms with E-state index >= 15 is 0 Å². The largest absolute Gasteiger partial charge is 0.309 e. The van der Waals surface area contributed by atoms with E-state index < -0.39 is 0 Å². The highest BCUT2D eigenvalue weighted by atomic mass is 32.2. The van der Waals surface area contributed by atoms with Gasteiger partial charge in [-0.2, -0.15) is 0 Å². The summed E-state index contributed by atoms with van der Waals surface area (Å²) < 4.78 is 1.10. The molecule has 0 fully saturated rings. The molecule has 1 N–H and O–H groups in total. The Morgan fingerprint density at radius 2 is 2.20 bits per heavy atom. The first-order chi connectivity index (χ1) is 9.56. The summed E-state index contributed by atoms with van der Waals surface area (Å²) in [6, 6.07) is 0. The zero-order chi connectivity index (χ0) is 14.3. The first kappa shape index (κ1) is 14.2. The van der Waals surface area contributed by atoms with Crippen LogP contribution in [0.5, 0.6) is 0 Å². The lowest BCUT2D eigenvalue weighted by Gasteiger charge is -2.09. The van der Waals surface area contributed by atoms with Crippen LogP contribution in [0.4, 0.5) is 0 Å². The van der Waals surface area contributed by atoms with E-state index in [9.17, 15) is 4.79 Å². The normalized spacial score (nSPS) is 16.6. The van der Waals surface area contributed by atoms with Crippen molar-refractivity contribution in [3.05, 3.63) is 26.6 Å². The SMILES string of the molecule is Cc1sc2nc(C(C)SC3=NCCS3)[nH]c(=O)c2c1C. The van der Waals surface area contributed by atoms with Gasteiger partial charge in [0.1, 0.15) is 15.0 Å². The fourth-order valence-electron chi connectivity index (χ4n) is 2.06. The number of thioether (sulfide) groups is 2. The van der Waals surface area contributed by atoms with Gasteiger partial charge in [-0.15, -0.1) is 11.3 Å². The molecule has 0 spiro atoms. The van der Waals surface area contributed by atoms with E-state index in [1.165, 1.54) is 0 Å². The molecule has 1 atom stereocenters. The Bertz CT molecular complexity index is 747. The van der Waals surface area contributed by atoms with E-state index in [1.807, 2.05) is 13.8 Å².